The second-order valence-corrected chi connectivity index (χ2v) is 6.51. The molecule has 0 radical (unpaired) electrons. The highest BCUT2D eigenvalue weighted by molar-refractivity contribution is 5.86. The molecule has 1 aromatic rings. The van der Waals surface area contributed by atoms with Crippen molar-refractivity contribution in [3.8, 4) is 0 Å². The molecule has 0 bridgehead atoms. The quantitative estimate of drug-likeness (QED) is 0.696. The maximum absolute atomic E-state index is 13.1. The van der Waals surface area contributed by atoms with E-state index < -0.39 is 29.0 Å². The Balaban J connectivity index is 1.76. The molecule has 0 atom stereocenters. The second kappa shape index (κ2) is 8.60. The van der Waals surface area contributed by atoms with Gasteiger partial charge >= 0.3 is 5.97 Å². The molecule has 1 aliphatic rings. The largest absolute Gasteiger partial charge is 0.481 e. The van der Waals surface area contributed by atoms with Gasteiger partial charge in [-0.05, 0) is 30.5 Å². The minimum atomic E-state index is -0.903. The lowest BCUT2D eigenvalue weighted by molar-refractivity contribution is -0.151. The molecular formula is C18H23FN2O4. The fourth-order valence-corrected chi connectivity index (χ4v) is 3.10. The Labute approximate surface area is 145 Å². The van der Waals surface area contributed by atoms with Gasteiger partial charge in [-0.1, -0.05) is 31.4 Å². The first kappa shape index (κ1) is 18.9. The van der Waals surface area contributed by atoms with E-state index in [4.69, 9.17) is 0 Å². The first-order valence-electron chi connectivity index (χ1n) is 8.42. The molecule has 0 aliphatic heterocycles. The van der Waals surface area contributed by atoms with Crippen molar-refractivity contribution in [1.29, 1.82) is 0 Å². The molecule has 2 amide bonds. The molecule has 6 nitrogen and oxygen atoms in total. The standard InChI is InChI=1S/C18H23FN2O4/c19-14-6-4-5-13(9-14)10-15(22)20-11-16(23)21-12-18(17(24)25)7-2-1-3-8-18/h4-6,9H,1-3,7-8,10-12H2,(H,20,22)(H,21,23)(H,24,25). The van der Waals surface area contributed by atoms with E-state index in [9.17, 15) is 23.9 Å². The summed E-state index contributed by atoms with van der Waals surface area (Å²) >= 11 is 0. The fraction of sp³-hybridized carbons (Fsp3) is 0.500. The van der Waals surface area contributed by atoms with Crippen LogP contribution in [-0.2, 0) is 20.8 Å². The number of amides is 2. The predicted molar refractivity (Wildman–Crippen MR) is 89.3 cm³/mol. The average Bonchev–Trinajstić information content (AvgIpc) is 2.59. The van der Waals surface area contributed by atoms with Crippen LogP contribution in [0.25, 0.3) is 0 Å². The second-order valence-electron chi connectivity index (χ2n) is 6.51. The Hall–Kier alpha value is -2.44. The number of hydrogen-bond acceptors (Lipinski definition) is 3. The third kappa shape index (κ3) is 5.55. The molecule has 2 rings (SSSR count). The molecule has 1 aliphatic carbocycles. The molecule has 0 aromatic heterocycles. The van der Waals surface area contributed by atoms with Crippen molar-refractivity contribution in [3.63, 3.8) is 0 Å². The zero-order valence-electron chi connectivity index (χ0n) is 14.0. The van der Waals surface area contributed by atoms with E-state index in [1.54, 1.807) is 6.07 Å². The van der Waals surface area contributed by atoms with Gasteiger partial charge in [0.05, 0.1) is 18.4 Å². The van der Waals surface area contributed by atoms with Crippen molar-refractivity contribution in [3.05, 3.63) is 35.6 Å². The average molecular weight is 350 g/mol. The van der Waals surface area contributed by atoms with E-state index in [2.05, 4.69) is 10.6 Å². The summed E-state index contributed by atoms with van der Waals surface area (Å²) in [6, 6.07) is 5.69. The molecule has 3 N–H and O–H groups in total. The van der Waals surface area contributed by atoms with Gasteiger partial charge in [0.25, 0.3) is 0 Å². The van der Waals surface area contributed by atoms with Crippen LogP contribution in [0.3, 0.4) is 0 Å². The normalized spacial score (nSPS) is 16.0. The van der Waals surface area contributed by atoms with Crippen LogP contribution in [-0.4, -0.2) is 36.0 Å². The van der Waals surface area contributed by atoms with Gasteiger partial charge in [0.15, 0.2) is 0 Å². The van der Waals surface area contributed by atoms with Crippen molar-refractivity contribution < 1.29 is 23.9 Å². The van der Waals surface area contributed by atoms with Crippen LogP contribution in [0.2, 0.25) is 0 Å². The van der Waals surface area contributed by atoms with Crippen LogP contribution in [0, 0.1) is 11.2 Å². The molecule has 0 saturated heterocycles. The summed E-state index contributed by atoms with van der Waals surface area (Å²) in [5.74, 6) is -2.14. The van der Waals surface area contributed by atoms with E-state index >= 15 is 0 Å². The van der Waals surface area contributed by atoms with Gasteiger partial charge in [-0.2, -0.15) is 0 Å². The molecule has 1 saturated carbocycles. The predicted octanol–water partition coefficient (Wildman–Crippen LogP) is 1.64. The number of hydrogen-bond donors (Lipinski definition) is 3. The van der Waals surface area contributed by atoms with Crippen LogP contribution in [0.15, 0.2) is 24.3 Å². The van der Waals surface area contributed by atoms with Crippen molar-refractivity contribution in [2.75, 3.05) is 13.1 Å². The lowest BCUT2D eigenvalue weighted by atomic mass is 9.74. The van der Waals surface area contributed by atoms with Crippen molar-refractivity contribution in [1.82, 2.24) is 10.6 Å². The van der Waals surface area contributed by atoms with Crippen LogP contribution in [0.1, 0.15) is 37.7 Å². The molecule has 0 unspecified atom stereocenters. The van der Waals surface area contributed by atoms with Gasteiger partial charge in [-0.15, -0.1) is 0 Å². The maximum atomic E-state index is 13.1. The van der Waals surface area contributed by atoms with Gasteiger partial charge in [0.2, 0.25) is 11.8 Å². The zero-order valence-corrected chi connectivity index (χ0v) is 14.0. The number of benzene rings is 1. The zero-order chi connectivity index (χ0) is 18.3. The number of carboxylic acids is 1. The van der Waals surface area contributed by atoms with Crippen LogP contribution in [0.5, 0.6) is 0 Å². The van der Waals surface area contributed by atoms with Crippen molar-refractivity contribution in [2.45, 2.75) is 38.5 Å². The fourth-order valence-electron chi connectivity index (χ4n) is 3.10. The van der Waals surface area contributed by atoms with E-state index in [1.807, 2.05) is 0 Å². The number of aliphatic carboxylic acids is 1. The van der Waals surface area contributed by atoms with Crippen molar-refractivity contribution >= 4 is 17.8 Å². The SMILES string of the molecule is O=C(CNC(=O)Cc1cccc(F)c1)NCC1(C(=O)O)CCCCC1. The van der Waals surface area contributed by atoms with Crippen LogP contribution < -0.4 is 10.6 Å². The summed E-state index contributed by atoms with van der Waals surface area (Å²) in [7, 11) is 0. The number of halogens is 1. The molecule has 1 fully saturated rings. The van der Waals surface area contributed by atoms with Gasteiger partial charge in [-0.3, -0.25) is 14.4 Å². The highest BCUT2D eigenvalue weighted by Crippen LogP contribution is 2.35. The maximum Gasteiger partial charge on any atom is 0.311 e. The number of carbonyl (C=O) groups excluding carboxylic acids is 2. The molecule has 7 heteroatoms. The summed E-state index contributed by atoms with van der Waals surface area (Å²) in [6.07, 6.45) is 3.77. The van der Waals surface area contributed by atoms with E-state index in [0.717, 1.165) is 19.3 Å². The molecule has 0 spiro atoms. The Morgan fingerprint density at radius 3 is 2.44 bits per heavy atom. The summed E-state index contributed by atoms with van der Waals surface area (Å²) in [6.45, 7) is -0.162. The van der Waals surface area contributed by atoms with Gasteiger partial charge in [0.1, 0.15) is 5.82 Å². The van der Waals surface area contributed by atoms with Crippen LogP contribution >= 0.6 is 0 Å². The monoisotopic (exact) mass is 350 g/mol. The smallest absolute Gasteiger partial charge is 0.311 e. The first-order chi connectivity index (χ1) is 11.9. The highest BCUT2D eigenvalue weighted by Gasteiger charge is 2.39. The third-order valence-electron chi connectivity index (χ3n) is 4.59. The lowest BCUT2D eigenvalue weighted by Gasteiger charge is -2.33. The molecular weight excluding hydrogens is 327 g/mol. The molecule has 25 heavy (non-hydrogen) atoms. The molecule has 136 valence electrons. The van der Waals surface area contributed by atoms with E-state index in [0.29, 0.717) is 18.4 Å². The van der Waals surface area contributed by atoms with Gasteiger partial charge in [-0.25, -0.2) is 4.39 Å². The van der Waals surface area contributed by atoms with Crippen LogP contribution in [0.4, 0.5) is 4.39 Å². The number of carbonyl (C=O) groups is 3. The van der Waals surface area contributed by atoms with E-state index in [1.165, 1.54) is 18.2 Å². The lowest BCUT2D eigenvalue weighted by Crippen LogP contribution is -2.46. The van der Waals surface area contributed by atoms with Gasteiger partial charge in [0, 0.05) is 6.54 Å². The Morgan fingerprint density at radius 2 is 1.80 bits per heavy atom. The number of nitrogens with one attached hydrogen (secondary N) is 2. The molecule has 1 aromatic carbocycles. The molecule has 0 heterocycles. The number of rotatable bonds is 7. The summed E-state index contributed by atoms with van der Waals surface area (Å²) in [5.41, 5.74) is -0.385. The van der Waals surface area contributed by atoms with Gasteiger partial charge < -0.3 is 15.7 Å². The summed E-state index contributed by atoms with van der Waals surface area (Å²) < 4.78 is 13.1. The first-order valence-corrected chi connectivity index (χ1v) is 8.42. The minimum Gasteiger partial charge on any atom is -0.481 e. The van der Waals surface area contributed by atoms with E-state index in [-0.39, 0.29) is 19.5 Å². The summed E-state index contributed by atoms with van der Waals surface area (Å²) in [4.78, 5) is 35.2. The Kier molecular flexibility index (Phi) is 6.50. The minimum absolute atomic E-state index is 0.0237. The van der Waals surface area contributed by atoms with Crippen molar-refractivity contribution in [2.24, 2.45) is 5.41 Å². The summed E-state index contributed by atoms with van der Waals surface area (Å²) in [5, 5.41) is 14.5. The third-order valence-corrected chi connectivity index (χ3v) is 4.59. The topological polar surface area (TPSA) is 95.5 Å². The number of carboxylic acid groups (broad SMARTS) is 1. The Bertz CT molecular complexity index is 642. The highest BCUT2D eigenvalue weighted by atomic mass is 19.1. The Morgan fingerprint density at radius 1 is 1.08 bits per heavy atom.